The minimum atomic E-state index is -0.860. The van der Waals surface area contributed by atoms with Crippen LogP contribution in [0.3, 0.4) is 0 Å². The monoisotopic (exact) mass is 224 g/mol. The Bertz CT molecular complexity index is 265. The van der Waals surface area contributed by atoms with Crippen LogP contribution < -0.4 is 0 Å². The summed E-state index contributed by atoms with van der Waals surface area (Å²) in [5.41, 5.74) is -0.438. The molecular weight excluding hydrogens is 215 g/mol. The first kappa shape index (κ1) is 10.8. The highest BCUT2D eigenvalue weighted by atomic mass is 35.5. The van der Waals surface area contributed by atoms with Crippen molar-refractivity contribution >= 4 is 29.2 Å². The molecule has 0 spiro atoms. The minimum Gasteiger partial charge on any atom is -0.426 e. The Morgan fingerprint density at radius 2 is 1.92 bits per heavy atom. The van der Waals surface area contributed by atoms with E-state index in [1.165, 1.54) is 0 Å². The number of halogens is 2. The molecule has 0 saturated carbocycles. The average Bonchev–Trinajstić information content (AvgIpc) is 2.15. The second kappa shape index (κ2) is 3.48. The summed E-state index contributed by atoms with van der Waals surface area (Å²) in [5.74, 6) is -0.638. The molecule has 0 amide bonds. The highest BCUT2D eigenvalue weighted by Crippen LogP contribution is 2.31. The zero-order chi connectivity index (χ0) is 10.2. The Hall–Kier alpha value is -0.250. The van der Waals surface area contributed by atoms with E-state index in [2.05, 4.69) is 0 Å². The molecule has 3 nitrogen and oxygen atoms in total. The second-order valence-corrected chi connectivity index (χ2v) is 4.41. The number of rotatable bonds is 1. The molecule has 0 aliphatic carbocycles. The first-order chi connectivity index (χ1) is 5.81. The van der Waals surface area contributed by atoms with Gasteiger partial charge in [0.1, 0.15) is 10.1 Å². The molecule has 0 saturated heterocycles. The van der Waals surface area contributed by atoms with E-state index in [-0.39, 0.29) is 10.1 Å². The summed E-state index contributed by atoms with van der Waals surface area (Å²) >= 11 is 11.2. The predicted molar refractivity (Wildman–Crippen MR) is 49.5 cm³/mol. The molecule has 1 heterocycles. The van der Waals surface area contributed by atoms with Crippen molar-refractivity contribution in [3.05, 3.63) is 10.1 Å². The fraction of sp³-hybridized carbons (Fsp3) is 0.625. The maximum Gasteiger partial charge on any atom is 0.353 e. The summed E-state index contributed by atoms with van der Waals surface area (Å²) in [6, 6.07) is 0. The maximum absolute atomic E-state index is 10.9. The van der Waals surface area contributed by atoms with E-state index in [1.54, 1.807) is 0 Å². The van der Waals surface area contributed by atoms with Crippen molar-refractivity contribution in [1.82, 2.24) is 0 Å². The van der Waals surface area contributed by atoms with Crippen molar-refractivity contribution in [2.45, 2.75) is 32.7 Å². The zero-order valence-corrected chi connectivity index (χ0v) is 9.07. The molecule has 1 atom stereocenters. The van der Waals surface area contributed by atoms with E-state index < -0.39 is 17.9 Å². The molecular formula is C8H10Cl2O3. The Balaban J connectivity index is 2.72. The minimum absolute atomic E-state index is 0.101. The van der Waals surface area contributed by atoms with Gasteiger partial charge in [-0.25, -0.2) is 4.79 Å². The van der Waals surface area contributed by atoms with Gasteiger partial charge in [0.05, 0.1) is 5.60 Å². The van der Waals surface area contributed by atoms with E-state index in [0.717, 1.165) is 0 Å². The van der Waals surface area contributed by atoms with Crippen LogP contribution in [0.4, 0.5) is 0 Å². The molecule has 5 heteroatoms. The number of esters is 1. The van der Waals surface area contributed by atoms with Crippen LogP contribution >= 0.6 is 23.2 Å². The molecule has 0 aromatic heterocycles. The lowest BCUT2D eigenvalue weighted by Gasteiger charge is -2.23. The molecule has 0 radical (unpaired) electrons. The standard InChI is InChI=1S/C8H10Cl2O3/c1-8(2,3)13-7-5(10)4(9)6(11)12-7/h7H,1-3H3. The van der Waals surface area contributed by atoms with Crippen LogP contribution in [0, 0.1) is 0 Å². The van der Waals surface area contributed by atoms with Crippen LogP contribution in [0.5, 0.6) is 0 Å². The van der Waals surface area contributed by atoms with Gasteiger partial charge in [-0.3, -0.25) is 0 Å². The van der Waals surface area contributed by atoms with E-state index in [1.807, 2.05) is 20.8 Å². The molecule has 1 aliphatic heterocycles. The summed E-state index contributed by atoms with van der Waals surface area (Å²) in [5, 5.41) is 0.0116. The molecule has 0 N–H and O–H groups in total. The Morgan fingerprint density at radius 3 is 2.23 bits per heavy atom. The SMILES string of the molecule is CC(C)(C)OC1OC(=O)C(Cl)=C1Cl. The number of hydrogen-bond donors (Lipinski definition) is 0. The number of carbonyl (C=O) groups excluding carboxylic acids is 1. The maximum atomic E-state index is 10.9. The van der Waals surface area contributed by atoms with Gasteiger partial charge >= 0.3 is 5.97 Å². The van der Waals surface area contributed by atoms with Gasteiger partial charge < -0.3 is 9.47 Å². The molecule has 1 unspecified atom stereocenters. The van der Waals surface area contributed by atoms with E-state index in [4.69, 9.17) is 32.7 Å². The van der Waals surface area contributed by atoms with Crippen molar-refractivity contribution in [3.63, 3.8) is 0 Å². The largest absolute Gasteiger partial charge is 0.426 e. The summed E-state index contributed by atoms with van der Waals surface area (Å²) in [4.78, 5) is 10.9. The van der Waals surface area contributed by atoms with E-state index in [9.17, 15) is 4.79 Å². The smallest absolute Gasteiger partial charge is 0.353 e. The highest BCUT2D eigenvalue weighted by molar-refractivity contribution is 6.48. The van der Waals surface area contributed by atoms with Crippen molar-refractivity contribution in [2.75, 3.05) is 0 Å². The van der Waals surface area contributed by atoms with Crippen LogP contribution in [-0.2, 0) is 14.3 Å². The fourth-order valence-corrected chi connectivity index (χ4v) is 1.10. The number of ether oxygens (including phenoxy) is 2. The number of hydrogen-bond acceptors (Lipinski definition) is 3. The lowest BCUT2D eigenvalue weighted by molar-refractivity contribution is -0.178. The Labute approximate surface area is 86.6 Å². The molecule has 0 fully saturated rings. The first-order valence-corrected chi connectivity index (χ1v) is 4.51. The lowest BCUT2D eigenvalue weighted by Crippen LogP contribution is -2.28. The highest BCUT2D eigenvalue weighted by Gasteiger charge is 2.35. The lowest BCUT2D eigenvalue weighted by atomic mass is 10.2. The molecule has 0 aromatic carbocycles. The summed E-state index contributed by atoms with van der Waals surface area (Å²) in [6.45, 7) is 5.49. The summed E-state index contributed by atoms with van der Waals surface area (Å²) in [6.07, 6.45) is -0.860. The third kappa shape index (κ3) is 2.59. The van der Waals surface area contributed by atoms with Gasteiger partial charge in [0.15, 0.2) is 0 Å². The van der Waals surface area contributed by atoms with Gasteiger partial charge in [0.25, 0.3) is 0 Å². The third-order valence-corrected chi connectivity index (χ3v) is 2.09. The quantitative estimate of drug-likeness (QED) is 0.642. The Morgan fingerprint density at radius 1 is 1.38 bits per heavy atom. The van der Waals surface area contributed by atoms with Gasteiger partial charge in [-0.15, -0.1) is 0 Å². The predicted octanol–water partition coefficient (Wildman–Crippen LogP) is 2.37. The van der Waals surface area contributed by atoms with Crippen molar-refractivity contribution in [3.8, 4) is 0 Å². The summed E-state index contributed by atoms with van der Waals surface area (Å²) < 4.78 is 10.1. The Kier molecular flexibility index (Phi) is 2.90. The molecule has 1 rings (SSSR count). The van der Waals surface area contributed by atoms with Crippen LogP contribution in [0.15, 0.2) is 10.1 Å². The molecule has 1 aliphatic rings. The molecule has 74 valence electrons. The fourth-order valence-electron chi connectivity index (χ4n) is 0.799. The average molecular weight is 225 g/mol. The van der Waals surface area contributed by atoms with Crippen LogP contribution in [0.1, 0.15) is 20.8 Å². The second-order valence-electron chi connectivity index (χ2n) is 3.63. The van der Waals surface area contributed by atoms with Crippen LogP contribution in [0.25, 0.3) is 0 Å². The zero-order valence-electron chi connectivity index (χ0n) is 7.56. The van der Waals surface area contributed by atoms with Gasteiger partial charge in [-0.1, -0.05) is 23.2 Å². The first-order valence-electron chi connectivity index (χ1n) is 3.75. The summed E-state index contributed by atoms with van der Waals surface area (Å²) in [7, 11) is 0. The van der Waals surface area contributed by atoms with Gasteiger partial charge in [-0.2, -0.15) is 0 Å². The van der Waals surface area contributed by atoms with Crippen molar-refractivity contribution in [2.24, 2.45) is 0 Å². The molecule has 0 aromatic rings. The van der Waals surface area contributed by atoms with Gasteiger partial charge in [0.2, 0.25) is 6.29 Å². The van der Waals surface area contributed by atoms with Gasteiger partial charge in [0, 0.05) is 0 Å². The number of carbonyl (C=O) groups is 1. The molecule has 0 bridgehead atoms. The third-order valence-electron chi connectivity index (χ3n) is 1.27. The molecule has 13 heavy (non-hydrogen) atoms. The van der Waals surface area contributed by atoms with Crippen LogP contribution in [0.2, 0.25) is 0 Å². The number of cyclic esters (lactones) is 1. The van der Waals surface area contributed by atoms with Crippen molar-refractivity contribution < 1.29 is 14.3 Å². The van der Waals surface area contributed by atoms with E-state index >= 15 is 0 Å². The topological polar surface area (TPSA) is 35.5 Å². The van der Waals surface area contributed by atoms with Crippen molar-refractivity contribution in [1.29, 1.82) is 0 Å². The van der Waals surface area contributed by atoms with Gasteiger partial charge in [-0.05, 0) is 20.8 Å². The van der Waals surface area contributed by atoms with Crippen LogP contribution in [-0.4, -0.2) is 17.9 Å². The normalized spacial score (nSPS) is 23.8. The van der Waals surface area contributed by atoms with E-state index in [0.29, 0.717) is 0 Å².